The molecule has 0 radical (unpaired) electrons. The molecule has 18 heavy (non-hydrogen) atoms. The monoisotopic (exact) mass is 244 g/mol. The van der Waals surface area contributed by atoms with Crippen molar-refractivity contribution < 1.29 is 4.79 Å². The first-order valence-electron chi connectivity index (χ1n) is 6.20. The Balaban J connectivity index is 2.49. The Morgan fingerprint density at radius 2 is 2.11 bits per heavy atom. The van der Waals surface area contributed by atoms with E-state index in [4.69, 9.17) is 12.2 Å². The summed E-state index contributed by atoms with van der Waals surface area (Å²) in [6.45, 7) is 1.99. The van der Waals surface area contributed by atoms with Gasteiger partial charge < -0.3 is 11.1 Å². The van der Waals surface area contributed by atoms with Gasteiger partial charge in [0.25, 0.3) is 0 Å². The molecule has 0 saturated heterocycles. The van der Waals surface area contributed by atoms with Crippen LogP contribution in [0.2, 0.25) is 0 Å². The largest absolute Gasteiger partial charge is 0.351 e. The first-order chi connectivity index (χ1) is 8.67. The Hall–Kier alpha value is -1.79. The molecule has 0 fully saturated rings. The molecule has 0 aliphatic heterocycles. The molecule has 1 unspecified atom stereocenters. The molecule has 1 rings (SSSR count). The molecule has 3 nitrogen and oxygen atoms in total. The van der Waals surface area contributed by atoms with Gasteiger partial charge in [0.05, 0.1) is 6.04 Å². The Morgan fingerprint density at radius 1 is 1.44 bits per heavy atom. The van der Waals surface area contributed by atoms with Crippen molar-refractivity contribution in [3.63, 3.8) is 0 Å². The molecule has 2 atom stereocenters. The highest BCUT2D eigenvalue weighted by Crippen LogP contribution is 2.03. The molecular formula is C15H20N2O. The van der Waals surface area contributed by atoms with Gasteiger partial charge in [-0.05, 0) is 18.4 Å². The zero-order valence-corrected chi connectivity index (χ0v) is 10.7. The van der Waals surface area contributed by atoms with Crippen LogP contribution in [-0.2, 0) is 11.2 Å². The van der Waals surface area contributed by atoms with E-state index in [2.05, 4.69) is 11.2 Å². The summed E-state index contributed by atoms with van der Waals surface area (Å²) in [5, 5.41) is 2.88. The number of hydrogen-bond acceptors (Lipinski definition) is 2. The molecule has 1 aromatic carbocycles. The van der Waals surface area contributed by atoms with Gasteiger partial charge in [-0.1, -0.05) is 37.3 Å². The lowest BCUT2D eigenvalue weighted by atomic mass is 10.1. The van der Waals surface area contributed by atoms with Crippen molar-refractivity contribution in [2.24, 2.45) is 5.73 Å². The van der Waals surface area contributed by atoms with Crippen LogP contribution in [0, 0.1) is 12.3 Å². The van der Waals surface area contributed by atoms with Gasteiger partial charge in [0.2, 0.25) is 5.91 Å². The minimum atomic E-state index is -0.528. The van der Waals surface area contributed by atoms with Gasteiger partial charge in [0, 0.05) is 12.5 Å². The van der Waals surface area contributed by atoms with Gasteiger partial charge in [-0.3, -0.25) is 4.79 Å². The zero-order valence-electron chi connectivity index (χ0n) is 10.7. The standard InChI is InChI=1S/C15H20N2O/c1-3-8-13(4-2)17-15(18)14(16)11-12-9-6-5-7-10-12/h1,5-7,9-10,13-14H,4,8,11,16H2,2H3,(H,17,18)/t13?,14-/m1/s1. The van der Waals surface area contributed by atoms with Crippen molar-refractivity contribution in [2.45, 2.75) is 38.3 Å². The van der Waals surface area contributed by atoms with Crippen LogP contribution < -0.4 is 11.1 Å². The summed E-state index contributed by atoms with van der Waals surface area (Å²) in [4.78, 5) is 11.9. The van der Waals surface area contributed by atoms with Gasteiger partial charge in [-0.25, -0.2) is 0 Å². The van der Waals surface area contributed by atoms with Crippen LogP contribution in [0.5, 0.6) is 0 Å². The quantitative estimate of drug-likeness (QED) is 0.745. The van der Waals surface area contributed by atoms with Gasteiger partial charge in [0.15, 0.2) is 0 Å². The van der Waals surface area contributed by atoms with Crippen LogP contribution in [0.25, 0.3) is 0 Å². The van der Waals surface area contributed by atoms with E-state index in [1.165, 1.54) is 0 Å². The second kappa shape index (κ2) is 7.52. The molecular weight excluding hydrogens is 224 g/mol. The van der Waals surface area contributed by atoms with Crippen LogP contribution in [0.3, 0.4) is 0 Å². The number of hydrogen-bond donors (Lipinski definition) is 2. The first-order valence-corrected chi connectivity index (χ1v) is 6.20. The van der Waals surface area contributed by atoms with E-state index >= 15 is 0 Å². The Kier molecular flexibility index (Phi) is 5.96. The fraction of sp³-hybridized carbons (Fsp3) is 0.400. The SMILES string of the molecule is C#CCC(CC)NC(=O)[C@H](N)Cc1ccccc1. The third kappa shape index (κ3) is 4.60. The van der Waals surface area contributed by atoms with E-state index in [1.807, 2.05) is 37.3 Å². The maximum atomic E-state index is 11.9. The van der Waals surface area contributed by atoms with Crippen molar-refractivity contribution in [1.29, 1.82) is 0 Å². The van der Waals surface area contributed by atoms with Crippen molar-refractivity contribution in [2.75, 3.05) is 0 Å². The number of rotatable bonds is 6. The lowest BCUT2D eigenvalue weighted by Crippen LogP contribution is -2.46. The van der Waals surface area contributed by atoms with Crippen LogP contribution in [0.1, 0.15) is 25.3 Å². The third-order valence-electron chi connectivity index (χ3n) is 2.84. The fourth-order valence-electron chi connectivity index (χ4n) is 1.71. The van der Waals surface area contributed by atoms with E-state index in [9.17, 15) is 4.79 Å². The molecule has 0 heterocycles. The summed E-state index contributed by atoms with van der Waals surface area (Å²) in [6, 6.07) is 9.23. The van der Waals surface area contributed by atoms with E-state index in [1.54, 1.807) is 0 Å². The van der Waals surface area contributed by atoms with Crippen molar-refractivity contribution in [3.8, 4) is 12.3 Å². The van der Waals surface area contributed by atoms with Gasteiger partial charge >= 0.3 is 0 Å². The summed E-state index contributed by atoms with van der Waals surface area (Å²) in [5.74, 6) is 2.42. The fourth-order valence-corrected chi connectivity index (χ4v) is 1.71. The van der Waals surface area contributed by atoms with Crippen LogP contribution in [0.15, 0.2) is 30.3 Å². The molecule has 0 spiro atoms. The molecule has 3 N–H and O–H groups in total. The second-order valence-corrected chi connectivity index (χ2v) is 4.32. The maximum Gasteiger partial charge on any atom is 0.237 e. The van der Waals surface area contributed by atoms with Gasteiger partial charge in [0.1, 0.15) is 0 Å². The van der Waals surface area contributed by atoms with Gasteiger partial charge in [-0.15, -0.1) is 12.3 Å². The van der Waals surface area contributed by atoms with Crippen molar-refractivity contribution in [3.05, 3.63) is 35.9 Å². The van der Waals surface area contributed by atoms with E-state index < -0.39 is 6.04 Å². The van der Waals surface area contributed by atoms with Crippen LogP contribution in [-0.4, -0.2) is 18.0 Å². The van der Waals surface area contributed by atoms with Gasteiger partial charge in [-0.2, -0.15) is 0 Å². The Morgan fingerprint density at radius 3 is 2.67 bits per heavy atom. The molecule has 1 aromatic rings. The highest BCUT2D eigenvalue weighted by atomic mass is 16.2. The van der Waals surface area contributed by atoms with E-state index in [-0.39, 0.29) is 11.9 Å². The smallest absolute Gasteiger partial charge is 0.237 e. The predicted molar refractivity (Wildman–Crippen MR) is 73.8 cm³/mol. The number of terminal acetylenes is 1. The molecule has 96 valence electrons. The minimum absolute atomic E-state index is 0.0179. The summed E-state index contributed by atoms with van der Waals surface area (Å²) in [5.41, 5.74) is 6.95. The zero-order chi connectivity index (χ0) is 13.4. The summed E-state index contributed by atoms with van der Waals surface area (Å²) < 4.78 is 0. The van der Waals surface area contributed by atoms with Crippen molar-refractivity contribution in [1.82, 2.24) is 5.32 Å². The van der Waals surface area contributed by atoms with E-state index in [0.717, 1.165) is 12.0 Å². The molecule has 0 bridgehead atoms. The van der Waals surface area contributed by atoms with E-state index in [0.29, 0.717) is 12.8 Å². The number of benzene rings is 1. The number of nitrogens with one attached hydrogen (secondary N) is 1. The molecule has 0 aliphatic rings. The van der Waals surface area contributed by atoms with Crippen LogP contribution in [0.4, 0.5) is 0 Å². The molecule has 0 aliphatic carbocycles. The third-order valence-corrected chi connectivity index (χ3v) is 2.84. The predicted octanol–water partition coefficient (Wildman–Crippen LogP) is 1.47. The number of amides is 1. The highest BCUT2D eigenvalue weighted by molar-refractivity contribution is 5.82. The summed E-state index contributed by atoms with van der Waals surface area (Å²) >= 11 is 0. The molecule has 1 amide bonds. The average molecular weight is 244 g/mol. The second-order valence-electron chi connectivity index (χ2n) is 4.32. The molecule has 0 aromatic heterocycles. The molecule has 0 saturated carbocycles. The highest BCUT2D eigenvalue weighted by Gasteiger charge is 2.16. The summed E-state index contributed by atoms with van der Waals surface area (Å²) in [6.07, 6.45) is 7.14. The molecule has 3 heteroatoms. The normalized spacial score (nSPS) is 13.4. The first kappa shape index (κ1) is 14.3. The summed E-state index contributed by atoms with van der Waals surface area (Å²) in [7, 11) is 0. The lowest BCUT2D eigenvalue weighted by molar-refractivity contribution is -0.123. The lowest BCUT2D eigenvalue weighted by Gasteiger charge is -2.18. The maximum absolute atomic E-state index is 11.9. The minimum Gasteiger partial charge on any atom is -0.351 e. The average Bonchev–Trinajstić information content (AvgIpc) is 2.39. The Labute approximate surface area is 109 Å². The number of carbonyl (C=O) groups is 1. The number of nitrogens with two attached hydrogens (primary N) is 1. The van der Waals surface area contributed by atoms with Crippen molar-refractivity contribution >= 4 is 5.91 Å². The Bertz CT molecular complexity index is 408. The van der Waals surface area contributed by atoms with Crippen LogP contribution >= 0.6 is 0 Å². The topological polar surface area (TPSA) is 55.1 Å². The number of carbonyl (C=O) groups excluding carboxylic acids is 1.